The SMILES string of the molecule is CC(C)(C)c1ccc(S(=O)(=O)Oc2c(I)cc(I)c(S(=O)(=O)[O-])c2I)cc1. The molecule has 0 aliphatic carbocycles. The quantitative estimate of drug-likeness (QED) is 0.260. The van der Waals surface area contributed by atoms with Crippen LogP contribution in [0.4, 0.5) is 0 Å². The summed E-state index contributed by atoms with van der Waals surface area (Å²) in [7, 11) is -8.99. The molecule has 0 heterocycles. The normalized spacial score (nSPS) is 12.9. The molecule has 27 heavy (non-hydrogen) atoms. The minimum Gasteiger partial charge on any atom is -0.744 e. The van der Waals surface area contributed by atoms with Gasteiger partial charge in [-0.05, 0) is 97.0 Å². The van der Waals surface area contributed by atoms with E-state index in [2.05, 4.69) is 0 Å². The Morgan fingerprint density at radius 3 is 1.89 bits per heavy atom. The van der Waals surface area contributed by atoms with Crippen LogP contribution in [0.5, 0.6) is 5.75 Å². The Hall–Kier alpha value is 0.290. The molecule has 2 aromatic carbocycles. The predicted molar refractivity (Wildman–Crippen MR) is 126 cm³/mol. The van der Waals surface area contributed by atoms with E-state index in [9.17, 15) is 21.4 Å². The van der Waals surface area contributed by atoms with Crippen LogP contribution in [0, 0.1) is 10.7 Å². The van der Waals surface area contributed by atoms with Gasteiger partial charge in [-0.15, -0.1) is 0 Å². The predicted octanol–water partition coefficient (Wildman–Crippen LogP) is 4.47. The van der Waals surface area contributed by atoms with Crippen LogP contribution in [0.15, 0.2) is 40.1 Å². The second-order valence-electron chi connectivity index (χ2n) is 6.58. The second kappa shape index (κ2) is 8.20. The summed E-state index contributed by atoms with van der Waals surface area (Å²) < 4.78 is 65.6. The Labute approximate surface area is 199 Å². The third-order valence-electron chi connectivity index (χ3n) is 3.54. The van der Waals surface area contributed by atoms with Crippen molar-refractivity contribution < 1.29 is 25.6 Å². The molecular formula is C16H14I3O6S2-. The zero-order chi connectivity index (χ0) is 20.8. The number of rotatable bonds is 4. The molecule has 148 valence electrons. The topological polar surface area (TPSA) is 101 Å². The number of halogens is 3. The van der Waals surface area contributed by atoms with Crippen LogP contribution >= 0.6 is 67.8 Å². The summed E-state index contributed by atoms with van der Waals surface area (Å²) in [5.41, 5.74) is 0.820. The molecule has 0 aromatic heterocycles. The summed E-state index contributed by atoms with van der Waals surface area (Å²) in [4.78, 5) is -0.551. The van der Waals surface area contributed by atoms with E-state index in [0.717, 1.165) is 5.56 Å². The molecule has 0 amide bonds. The summed E-state index contributed by atoms with van der Waals surface area (Å²) >= 11 is 5.17. The Morgan fingerprint density at radius 1 is 0.926 bits per heavy atom. The highest BCUT2D eigenvalue weighted by Gasteiger charge is 2.25. The van der Waals surface area contributed by atoms with Gasteiger partial charge < -0.3 is 8.74 Å². The van der Waals surface area contributed by atoms with E-state index in [-0.39, 0.29) is 23.2 Å². The largest absolute Gasteiger partial charge is 0.744 e. The highest BCUT2D eigenvalue weighted by molar-refractivity contribution is 14.1. The Bertz CT molecular complexity index is 1090. The van der Waals surface area contributed by atoms with Crippen LogP contribution in [-0.2, 0) is 25.7 Å². The summed E-state index contributed by atoms with van der Waals surface area (Å²) in [5, 5.41) is 0. The van der Waals surface area contributed by atoms with Crippen LogP contribution in [-0.4, -0.2) is 21.4 Å². The average Bonchev–Trinajstić information content (AvgIpc) is 2.49. The maximum atomic E-state index is 12.7. The van der Waals surface area contributed by atoms with E-state index in [4.69, 9.17) is 4.18 Å². The van der Waals surface area contributed by atoms with Gasteiger partial charge in [-0.2, -0.15) is 8.42 Å². The van der Waals surface area contributed by atoms with Crippen LogP contribution < -0.4 is 4.18 Å². The number of hydrogen-bond donors (Lipinski definition) is 0. The van der Waals surface area contributed by atoms with Gasteiger partial charge in [0.1, 0.15) is 15.0 Å². The maximum absolute atomic E-state index is 12.7. The number of hydrogen-bond acceptors (Lipinski definition) is 6. The second-order valence-corrected chi connectivity index (χ2v) is 12.8. The molecule has 0 N–H and O–H groups in total. The standard InChI is InChI=1S/C16H15I3O6S2/c1-16(2,3)9-4-6-10(7-5-9)27(23,24)25-14-11(17)8-12(18)15(13(14)19)26(20,21)22/h4-8H,1-3H3,(H,20,21,22)/p-1. The van der Waals surface area contributed by atoms with Gasteiger partial charge in [0.05, 0.1) is 12.0 Å². The minimum absolute atomic E-state index is 0.0613. The minimum atomic E-state index is -4.79. The zero-order valence-corrected chi connectivity index (χ0v) is 22.4. The fourth-order valence-electron chi connectivity index (χ4n) is 2.14. The molecule has 11 heteroatoms. The average molecular weight is 747 g/mol. The molecule has 0 aliphatic rings. The van der Waals surface area contributed by atoms with Crippen LogP contribution in [0.3, 0.4) is 0 Å². The molecule has 2 rings (SSSR count). The Morgan fingerprint density at radius 2 is 1.44 bits per heavy atom. The lowest BCUT2D eigenvalue weighted by molar-refractivity contribution is 0.457. The van der Waals surface area contributed by atoms with Gasteiger partial charge in [0.15, 0.2) is 5.75 Å². The van der Waals surface area contributed by atoms with Crippen molar-refractivity contribution >= 4 is 88.0 Å². The van der Waals surface area contributed by atoms with Gasteiger partial charge in [-0.25, -0.2) is 8.42 Å². The molecule has 0 atom stereocenters. The molecule has 0 radical (unpaired) electrons. The van der Waals surface area contributed by atoms with Crippen molar-refractivity contribution in [3.63, 3.8) is 0 Å². The van der Waals surface area contributed by atoms with E-state index < -0.39 is 25.1 Å². The van der Waals surface area contributed by atoms with Crippen LogP contribution in [0.1, 0.15) is 26.3 Å². The van der Waals surface area contributed by atoms with Crippen molar-refractivity contribution in [2.75, 3.05) is 0 Å². The first kappa shape index (κ1) is 23.6. The lowest BCUT2D eigenvalue weighted by Crippen LogP contribution is -2.15. The van der Waals surface area contributed by atoms with Gasteiger partial charge in [0.25, 0.3) is 0 Å². The zero-order valence-electron chi connectivity index (χ0n) is 14.3. The van der Waals surface area contributed by atoms with Crippen molar-refractivity contribution in [2.24, 2.45) is 0 Å². The number of benzene rings is 2. The van der Waals surface area contributed by atoms with Crippen molar-refractivity contribution in [3.8, 4) is 5.75 Å². The lowest BCUT2D eigenvalue weighted by Gasteiger charge is -2.19. The van der Waals surface area contributed by atoms with Gasteiger partial charge >= 0.3 is 10.1 Å². The highest BCUT2D eigenvalue weighted by Crippen LogP contribution is 2.37. The van der Waals surface area contributed by atoms with Crippen molar-refractivity contribution in [1.82, 2.24) is 0 Å². The van der Waals surface area contributed by atoms with Crippen molar-refractivity contribution in [1.29, 1.82) is 0 Å². The maximum Gasteiger partial charge on any atom is 0.339 e. The van der Waals surface area contributed by atoms with Crippen molar-refractivity contribution in [2.45, 2.75) is 36.0 Å². The van der Waals surface area contributed by atoms with Crippen molar-refractivity contribution in [3.05, 3.63) is 46.6 Å². The van der Waals surface area contributed by atoms with Crippen LogP contribution in [0.2, 0.25) is 0 Å². The van der Waals surface area contributed by atoms with Gasteiger partial charge in [0, 0.05) is 3.57 Å². The smallest absolute Gasteiger partial charge is 0.339 e. The summed E-state index contributed by atoms with van der Waals surface area (Å²) in [5.74, 6) is -0.175. The molecule has 0 bridgehead atoms. The molecule has 0 unspecified atom stereocenters. The van der Waals surface area contributed by atoms with Gasteiger partial charge in [0.2, 0.25) is 0 Å². The fourth-order valence-corrected chi connectivity index (χ4v) is 9.22. The summed E-state index contributed by atoms with van der Waals surface area (Å²) in [6.45, 7) is 6.02. The molecular weight excluding hydrogens is 733 g/mol. The molecule has 0 aliphatic heterocycles. The molecule has 0 saturated heterocycles. The first-order valence-corrected chi connectivity index (χ1v) is 13.4. The molecule has 0 fully saturated rings. The molecule has 2 aromatic rings. The summed E-state index contributed by atoms with van der Waals surface area (Å²) in [6, 6.07) is 7.67. The van der Waals surface area contributed by atoms with E-state index in [1.165, 1.54) is 18.2 Å². The molecule has 0 saturated carbocycles. The fraction of sp³-hybridized carbons (Fsp3) is 0.250. The third kappa shape index (κ3) is 5.46. The monoisotopic (exact) mass is 747 g/mol. The summed E-state index contributed by atoms with van der Waals surface area (Å²) in [6.07, 6.45) is 0. The van der Waals surface area contributed by atoms with Gasteiger partial charge in [-0.3, -0.25) is 0 Å². The third-order valence-corrected chi connectivity index (χ3v) is 9.11. The first-order valence-electron chi connectivity index (χ1n) is 7.33. The van der Waals surface area contributed by atoms with Gasteiger partial charge in [-0.1, -0.05) is 32.9 Å². The van der Waals surface area contributed by atoms with E-state index in [1.54, 1.807) is 57.3 Å². The first-order chi connectivity index (χ1) is 12.1. The van der Waals surface area contributed by atoms with E-state index in [0.29, 0.717) is 3.57 Å². The Kier molecular flexibility index (Phi) is 7.16. The van der Waals surface area contributed by atoms with E-state index >= 15 is 0 Å². The van der Waals surface area contributed by atoms with Crippen LogP contribution in [0.25, 0.3) is 0 Å². The molecule has 6 nitrogen and oxygen atoms in total. The highest BCUT2D eigenvalue weighted by atomic mass is 127. The molecule has 0 spiro atoms. The Balaban J connectivity index is 2.53. The lowest BCUT2D eigenvalue weighted by atomic mass is 9.87. The van der Waals surface area contributed by atoms with E-state index in [1.807, 2.05) is 43.4 Å².